The Morgan fingerprint density at radius 2 is 0.889 bits per heavy atom. The Morgan fingerprint density at radius 3 is 1.46 bits per heavy atom. The highest BCUT2D eigenvalue weighted by molar-refractivity contribution is 7.69. The van der Waals surface area contributed by atoms with Gasteiger partial charge in [-0.15, -0.1) is 0 Å². The number of rotatable bonds is 6. The second-order valence-electron chi connectivity index (χ2n) is 14.0. The molecule has 1 atom stereocenters. The highest BCUT2D eigenvalue weighted by Gasteiger charge is 2.58. The van der Waals surface area contributed by atoms with E-state index in [-0.39, 0.29) is 0 Å². The largest absolute Gasteiger partial charge is 0.473 e. The first kappa shape index (κ1) is 32.4. The molecule has 0 fully saturated rings. The van der Waals surface area contributed by atoms with Crippen molar-refractivity contribution in [2.45, 2.75) is 18.2 Å². The molecule has 10 rings (SSSR count). The van der Waals surface area contributed by atoms with E-state index in [0.29, 0.717) is 24.5 Å². The van der Waals surface area contributed by atoms with Crippen molar-refractivity contribution in [3.8, 4) is 28.4 Å². The SMILES string of the molecule is O=P1(C(c2ccccc2)(c2ccc(N3COc4ccccc4C3)cc2)c2ccc(N3COc4ccccc4C3)cc2)Oc2ccccc2-c2ccccc21. The van der Waals surface area contributed by atoms with E-state index in [4.69, 9.17) is 14.0 Å². The molecule has 0 aliphatic carbocycles. The van der Waals surface area contributed by atoms with Gasteiger partial charge in [-0.2, -0.15) is 0 Å². The van der Waals surface area contributed by atoms with Gasteiger partial charge in [0.2, 0.25) is 0 Å². The zero-order chi connectivity index (χ0) is 36.1. The average Bonchev–Trinajstić information content (AvgIpc) is 3.24. The lowest BCUT2D eigenvalue weighted by molar-refractivity contribution is 0.289. The number of anilines is 2. The summed E-state index contributed by atoms with van der Waals surface area (Å²) in [5.41, 5.74) is 8.80. The molecule has 6 nitrogen and oxygen atoms in total. The fourth-order valence-electron chi connectivity index (χ4n) is 8.36. The molecule has 3 aliphatic heterocycles. The van der Waals surface area contributed by atoms with Crippen LogP contribution in [0.4, 0.5) is 11.4 Å². The van der Waals surface area contributed by atoms with Gasteiger partial charge in [0.1, 0.15) is 22.4 Å². The van der Waals surface area contributed by atoms with E-state index in [9.17, 15) is 0 Å². The summed E-state index contributed by atoms with van der Waals surface area (Å²) in [5.74, 6) is 2.45. The molecule has 0 bridgehead atoms. The lowest BCUT2D eigenvalue weighted by atomic mass is 9.83. The van der Waals surface area contributed by atoms with Crippen molar-refractivity contribution in [1.82, 2.24) is 0 Å². The molecule has 3 heterocycles. The summed E-state index contributed by atoms with van der Waals surface area (Å²) in [6.07, 6.45) is 0. The summed E-state index contributed by atoms with van der Waals surface area (Å²) in [6.45, 7) is 2.35. The first-order valence-corrected chi connectivity index (χ1v) is 19.9. The molecular weight excluding hydrogens is 688 g/mol. The predicted molar refractivity (Wildman–Crippen MR) is 215 cm³/mol. The van der Waals surface area contributed by atoms with Crippen LogP contribution in [0.5, 0.6) is 17.2 Å². The van der Waals surface area contributed by atoms with Gasteiger partial charge >= 0.3 is 0 Å². The van der Waals surface area contributed by atoms with Crippen LogP contribution in [0.1, 0.15) is 27.8 Å². The summed E-state index contributed by atoms with van der Waals surface area (Å²) in [5, 5.41) is -0.534. The van der Waals surface area contributed by atoms with Gasteiger partial charge in [0.25, 0.3) is 7.37 Å². The van der Waals surface area contributed by atoms with E-state index in [1.165, 1.54) is 0 Å². The van der Waals surface area contributed by atoms with Crippen LogP contribution in [0.15, 0.2) is 176 Å². The monoisotopic (exact) mass is 724 g/mol. The van der Waals surface area contributed by atoms with Gasteiger partial charge in [-0.3, -0.25) is 4.57 Å². The van der Waals surface area contributed by atoms with Crippen molar-refractivity contribution in [1.29, 1.82) is 0 Å². The van der Waals surface area contributed by atoms with Crippen LogP contribution in [-0.2, 0) is 22.8 Å². The second kappa shape index (κ2) is 13.0. The van der Waals surface area contributed by atoms with Crippen molar-refractivity contribution in [2.24, 2.45) is 0 Å². The van der Waals surface area contributed by atoms with Gasteiger partial charge in [0, 0.05) is 41.2 Å². The number of nitrogens with zero attached hydrogens (tertiary/aromatic N) is 2. The van der Waals surface area contributed by atoms with Crippen molar-refractivity contribution in [3.05, 3.63) is 204 Å². The molecule has 7 heteroatoms. The molecule has 0 aromatic heterocycles. The van der Waals surface area contributed by atoms with E-state index in [1.54, 1.807) is 0 Å². The van der Waals surface area contributed by atoms with E-state index < -0.39 is 12.5 Å². The normalized spacial score (nSPS) is 17.1. The smallest absolute Gasteiger partial charge is 0.296 e. The number of benzene rings is 7. The van der Waals surface area contributed by atoms with Crippen LogP contribution in [0.2, 0.25) is 0 Å². The summed E-state index contributed by atoms with van der Waals surface area (Å²) in [6, 6.07) is 59.5. The van der Waals surface area contributed by atoms with E-state index >= 15 is 4.57 Å². The molecule has 0 radical (unpaired) electrons. The highest BCUT2D eigenvalue weighted by Crippen LogP contribution is 2.71. The number of fused-ring (bicyclic) bond motifs is 5. The minimum absolute atomic E-state index is 0.443. The molecule has 1 unspecified atom stereocenters. The van der Waals surface area contributed by atoms with Crippen molar-refractivity contribution >= 4 is 24.0 Å². The Bertz CT molecular complexity index is 2440. The number of hydrogen-bond donors (Lipinski definition) is 0. The maximum atomic E-state index is 16.8. The van der Waals surface area contributed by atoms with Gasteiger partial charge in [-0.05, 0) is 70.8 Å². The molecule has 0 spiro atoms. The van der Waals surface area contributed by atoms with Gasteiger partial charge in [-0.1, -0.05) is 127 Å². The Morgan fingerprint density at radius 1 is 0.444 bits per heavy atom. The minimum atomic E-state index is -3.90. The number of ether oxygens (including phenoxy) is 2. The lowest BCUT2D eigenvalue weighted by Crippen LogP contribution is -2.38. The van der Waals surface area contributed by atoms with Crippen LogP contribution in [-0.4, -0.2) is 13.5 Å². The maximum Gasteiger partial charge on any atom is 0.296 e. The zero-order valence-corrected chi connectivity index (χ0v) is 30.4. The zero-order valence-electron chi connectivity index (χ0n) is 29.5. The molecule has 0 amide bonds. The minimum Gasteiger partial charge on any atom is -0.473 e. The summed E-state index contributed by atoms with van der Waals surface area (Å²) in [4.78, 5) is 4.43. The van der Waals surface area contributed by atoms with Crippen LogP contribution < -0.4 is 29.1 Å². The number of para-hydroxylation sites is 3. The number of hydrogen-bond acceptors (Lipinski definition) is 6. The molecule has 264 valence electrons. The Hall–Kier alpha value is -6.23. The molecule has 0 saturated heterocycles. The van der Waals surface area contributed by atoms with Gasteiger partial charge < -0.3 is 23.8 Å². The summed E-state index contributed by atoms with van der Waals surface area (Å²) < 4.78 is 36.1. The predicted octanol–water partition coefficient (Wildman–Crippen LogP) is 10.4. The van der Waals surface area contributed by atoms with E-state index in [0.717, 1.165) is 74.9 Å². The van der Waals surface area contributed by atoms with Gasteiger partial charge in [0.15, 0.2) is 13.5 Å². The van der Waals surface area contributed by atoms with Crippen LogP contribution in [0, 0.1) is 0 Å². The van der Waals surface area contributed by atoms with Gasteiger partial charge in [0.05, 0.1) is 5.30 Å². The molecule has 0 N–H and O–H groups in total. The van der Waals surface area contributed by atoms with Gasteiger partial charge in [-0.25, -0.2) is 0 Å². The Labute approximate surface area is 315 Å². The molecule has 7 aromatic carbocycles. The summed E-state index contributed by atoms with van der Waals surface area (Å²) in [7, 11) is -3.90. The average molecular weight is 725 g/mol. The fourth-order valence-corrected chi connectivity index (χ4v) is 11.7. The first-order chi connectivity index (χ1) is 26.6. The lowest BCUT2D eigenvalue weighted by Gasteiger charge is -2.44. The third-order valence-electron chi connectivity index (χ3n) is 11.0. The molecule has 0 saturated carbocycles. The van der Waals surface area contributed by atoms with Crippen molar-refractivity contribution < 1.29 is 18.6 Å². The van der Waals surface area contributed by atoms with Crippen LogP contribution >= 0.6 is 7.37 Å². The van der Waals surface area contributed by atoms with E-state index in [2.05, 4.69) is 88.7 Å². The second-order valence-corrected chi connectivity index (χ2v) is 16.4. The quantitative estimate of drug-likeness (QED) is 0.126. The third-order valence-corrected chi connectivity index (χ3v) is 14.1. The highest BCUT2D eigenvalue weighted by atomic mass is 31.2. The first-order valence-electron chi connectivity index (χ1n) is 18.3. The molecule has 3 aliphatic rings. The molecule has 7 aromatic rings. The molecular formula is C47H37N2O4P. The van der Waals surface area contributed by atoms with Crippen molar-refractivity contribution in [3.63, 3.8) is 0 Å². The Kier molecular flexibility index (Phi) is 7.81. The Balaban J connectivity index is 1.16. The standard InChI is InChI=1S/C47H37N2O4P/c50-54(46-21-11-7-17-42(46)41-16-6-10-20-45(41)53-54)47(36-14-2-1-3-15-36,37-22-26-39(27-23-37)48-30-34-12-4-8-18-43(34)51-32-48)38-24-28-40(29-25-38)49-31-35-13-5-9-19-44(35)52-33-49/h1-29H,30-33H2. The fraction of sp³-hybridized carbons (Fsp3) is 0.106. The van der Waals surface area contributed by atoms with Crippen LogP contribution in [0.25, 0.3) is 11.1 Å². The molecule has 54 heavy (non-hydrogen) atoms. The maximum absolute atomic E-state index is 16.8. The van der Waals surface area contributed by atoms with Crippen LogP contribution in [0.3, 0.4) is 0 Å². The topological polar surface area (TPSA) is 51.2 Å². The van der Waals surface area contributed by atoms with E-state index in [1.807, 2.05) is 97.1 Å². The third kappa shape index (κ3) is 5.13. The van der Waals surface area contributed by atoms with Crippen molar-refractivity contribution in [2.75, 3.05) is 23.3 Å². The summed E-state index contributed by atoms with van der Waals surface area (Å²) >= 11 is 0.